The van der Waals surface area contributed by atoms with Gasteiger partial charge in [-0.2, -0.15) is 0 Å². The molecule has 0 radical (unpaired) electrons. The molecule has 32 heavy (non-hydrogen) atoms. The molecular formula is C20H30N5O6P. The summed E-state index contributed by atoms with van der Waals surface area (Å²) in [6.07, 6.45) is 8.32. The van der Waals surface area contributed by atoms with Gasteiger partial charge in [0.1, 0.15) is 12.3 Å². The average Bonchev–Trinajstić information content (AvgIpc) is 2.78. The first-order valence-corrected chi connectivity index (χ1v) is 11.9. The molecule has 1 saturated carbocycles. The van der Waals surface area contributed by atoms with Crippen molar-refractivity contribution in [2.75, 3.05) is 19.3 Å². The van der Waals surface area contributed by atoms with Crippen LogP contribution in [0.4, 0.5) is 0 Å². The van der Waals surface area contributed by atoms with Crippen LogP contribution in [0.25, 0.3) is 0 Å². The largest absolute Gasteiger partial charge is 0.345 e. The molecule has 12 heteroatoms. The van der Waals surface area contributed by atoms with Crippen molar-refractivity contribution >= 4 is 44.6 Å². The standard InChI is InChI=1S/C20H30N5O6P/c26-11-14-12-32-25-19(30)10-22-20(31)15(8-13-4-2-1-3-5-13)24-18(29)9-21-16(27)6-7-17(28)23-14/h6-7,11,13-15,32H,1-5,8-10,12H2,(H,21,27)(H,22,31)(H,23,28)(H,24,29)(H,25,30)/b7-6-/t14-,15+/m1/s1. The summed E-state index contributed by atoms with van der Waals surface area (Å²) in [5.74, 6) is -2.48. The SMILES string of the molecule is O=C[C@@H]1CPNC(=O)CNC(=O)[C@H](CC2CCCCC2)NC(=O)CNC(=O)/C=C\C(=O)N1. The molecule has 5 amide bonds. The van der Waals surface area contributed by atoms with Crippen LogP contribution in [0.1, 0.15) is 38.5 Å². The Hall–Kier alpha value is -2.81. The van der Waals surface area contributed by atoms with Gasteiger partial charge in [0.25, 0.3) is 0 Å². The Kier molecular flexibility index (Phi) is 10.8. The Bertz CT molecular complexity index is 753. The van der Waals surface area contributed by atoms with Gasteiger partial charge in [-0.1, -0.05) is 32.1 Å². The molecule has 1 unspecified atom stereocenters. The maximum absolute atomic E-state index is 12.7. The van der Waals surface area contributed by atoms with E-state index in [9.17, 15) is 28.8 Å². The normalized spacial score (nSPS) is 27.1. The van der Waals surface area contributed by atoms with Gasteiger partial charge in [-0.15, -0.1) is 0 Å². The summed E-state index contributed by atoms with van der Waals surface area (Å²) in [6, 6.07) is -1.66. The molecule has 1 aliphatic heterocycles. The van der Waals surface area contributed by atoms with Crippen LogP contribution in [-0.4, -0.2) is 67.2 Å². The van der Waals surface area contributed by atoms with Crippen LogP contribution in [0.5, 0.6) is 0 Å². The Morgan fingerprint density at radius 2 is 1.56 bits per heavy atom. The van der Waals surface area contributed by atoms with E-state index < -0.39 is 41.6 Å². The maximum Gasteiger partial charge on any atom is 0.244 e. The van der Waals surface area contributed by atoms with Crippen LogP contribution in [-0.2, 0) is 28.8 Å². The third kappa shape index (κ3) is 9.55. The van der Waals surface area contributed by atoms with Crippen molar-refractivity contribution < 1.29 is 28.8 Å². The number of carbonyl (C=O) groups is 6. The first kappa shape index (κ1) is 25.5. The van der Waals surface area contributed by atoms with Gasteiger partial charge in [-0.3, -0.25) is 24.0 Å². The van der Waals surface area contributed by atoms with E-state index in [2.05, 4.69) is 26.4 Å². The van der Waals surface area contributed by atoms with Gasteiger partial charge in [0.2, 0.25) is 29.5 Å². The van der Waals surface area contributed by atoms with Crippen molar-refractivity contribution in [2.24, 2.45) is 5.92 Å². The zero-order valence-corrected chi connectivity index (χ0v) is 18.8. The van der Waals surface area contributed by atoms with Crippen molar-refractivity contribution in [3.8, 4) is 0 Å². The highest BCUT2D eigenvalue weighted by Gasteiger charge is 2.26. The highest BCUT2D eigenvalue weighted by Crippen LogP contribution is 2.27. The summed E-state index contributed by atoms with van der Waals surface area (Å²) in [7, 11) is -0.164. The molecule has 1 heterocycles. The maximum atomic E-state index is 12.7. The van der Waals surface area contributed by atoms with Gasteiger partial charge in [0, 0.05) is 18.3 Å². The van der Waals surface area contributed by atoms with E-state index in [1.807, 2.05) is 0 Å². The predicted octanol–water partition coefficient (Wildman–Crippen LogP) is -1.36. The number of hydrogen-bond donors (Lipinski definition) is 5. The highest BCUT2D eigenvalue weighted by atomic mass is 31.1. The van der Waals surface area contributed by atoms with Crippen molar-refractivity contribution in [2.45, 2.75) is 50.6 Å². The lowest BCUT2D eigenvalue weighted by molar-refractivity contribution is -0.130. The van der Waals surface area contributed by atoms with E-state index in [0.29, 0.717) is 18.6 Å². The summed E-state index contributed by atoms with van der Waals surface area (Å²) in [5, 5.41) is 12.5. The second kappa shape index (κ2) is 13.6. The fourth-order valence-corrected chi connectivity index (χ4v) is 4.37. The zero-order chi connectivity index (χ0) is 23.3. The van der Waals surface area contributed by atoms with Crippen molar-refractivity contribution in [3.63, 3.8) is 0 Å². The highest BCUT2D eigenvalue weighted by molar-refractivity contribution is 7.36. The minimum Gasteiger partial charge on any atom is -0.345 e. The summed E-state index contributed by atoms with van der Waals surface area (Å²) >= 11 is 0. The zero-order valence-electron chi connectivity index (χ0n) is 17.8. The molecule has 0 aromatic carbocycles. The first-order valence-electron chi connectivity index (χ1n) is 10.7. The molecule has 176 valence electrons. The number of hydrogen-bond acceptors (Lipinski definition) is 6. The van der Waals surface area contributed by atoms with Gasteiger partial charge >= 0.3 is 0 Å². The number of nitrogens with one attached hydrogen (secondary N) is 5. The molecule has 1 aliphatic carbocycles. The molecule has 2 aliphatic rings. The Morgan fingerprint density at radius 3 is 2.28 bits per heavy atom. The molecule has 0 aromatic rings. The summed E-state index contributed by atoms with van der Waals surface area (Å²) < 4.78 is 0. The van der Waals surface area contributed by atoms with E-state index in [1.165, 1.54) is 0 Å². The van der Waals surface area contributed by atoms with E-state index >= 15 is 0 Å². The minimum absolute atomic E-state index is 0.164. The van der Waals surface area contributed by atoms with Crippen molar-refractivity contribution in [3.05, 3.63) is 12.2 Å². The molecule has 0 spiro atoms. The number of carbonyl (C=O) groups excluding carboxylic acids is 6. The third-order valence-corrected chi connectivity index (χ3v) is 6.32. The van der Waals surface area contributed by atoms with Crippen LogP contribution in [0.15, 0.2) is 12.2 Å². The van der Waals surface area contributed by atoms with E-state index in [4.69, 9.17) is 0 Å². The second-order valence-electron chi connectivity index (χ2n) is 7.81. The number of aldehydes is 1. The third-order valence-electron chi connectivity index (χ3n) is 5.22. The molecule has 0 saturated heterocycles. The van der Waals surface area contributed by atoms with Gasteiger partial charge in [-0.25, -0.2) is 0 Å². The van der Waals surface area contributed by atoms with Gasteiger partial charge in [0.15, 0.2) is 0 Å². The Morgan fingerprint density at radius 1 is 0.875 bits per heavy atom. The molecule has 5 N–H and O–H groups in total. The fourth-order valence-electron chi connectivity index (χ4n) is 3.57. The molecule has 1 fully saturated rings. The predicted molar refractivity (Wildman–Crippen MR) is 118 cm³/mol. The van der Waals surface area contributed by atoms with Crippen LogP contribution in [0.3, 0.4) is 0 Å². The minimum atomic E-state index is -0.840. The monoisotopic (exact) mass is 467 g/mol. The lowest BCUT2D eigenvalue weighted by atomic mass is 9.84. The van der Waals surface area contributed by atoms with Crippen LogP contribution in [0, 0.1) is 5.92 Å². The van der Waals surface area contributed by atoms with E-state index in [1.54, 1.807) is 0 Å². The summed E-state index contributed by atoms with van der Waals surface area (Å²) in [5.41, 5.74) is 0. The molecule has 11 nitrogen and oxygen atoms in total. The summed E-state index contributed by atoms with van der Waals surface area (Å²) in [6.45, 7) is -0.654. The first-order chi connectivity index (χ1) is 15.4. The Labute approximate surface area is 188 Å². The number of rotatable bonds is 3. The molecule has 0 bridgehead atoms. The van der Waals surface area contributed by atoms with Crippen LogP contribution >= 0.6 is 8.73 Å². The van der Waals surface area contributed by atoms with E-state index in [0.717, 1.165) is 44.3 Å². The van der Waals surface area contributed by atoms with Crippen LogP contribution in [0.2, 0.25) is 0 Å². The fraction of sp³-hybridized carbons (Fsp3) is 0.600. The lowest BCUT2D eigenvalue weighted by Crippen LogP contribution is -2.51. The summed E-state index contributed by atoms with van der Waals surface area (Å²) in [4.78, 5) is 71.8. The average molecular weight is 467 g/mol. The topological polar surface area (TPSA) is 163 Å². The molecular weight excluding hydrogens is 437 g/mol. The van der Waals surface area contributed by atoms with Gasteiger partial charge < -0.3 is 31.1 Å². The smallest absolute Gasteiger partial charge is 0.244 e. The second-order valence-corrected chi connectivity index (χ2v) is 8.82. The van der Waals surface area contributed by atoms with Crippen molar-refractivity contribution in [1.82, 2.24) is 26.4 Å². The number of amides is 5. The van der Waals surface area contributed by atoms with Crippen molar-refractivity contribution in [1.29, 1.82) is 0 Å². The van der Waals surface area contributed by atoms with Gasteiger partial charge in [0.05, 0.1) is 19.1 Å². The lowest BCUT2D eigenvalue weighted by Gasteiger charge is -2.26. The Balaban J connectivity index is 2.07. The quantitative estimate of drug-likeness (QED) is 0.254. The molecule has 3 atom stereocenters. The van der Waals surface area contributed by atoms with Crippen LogP contribution < -0.4 is 26.4 Å². The van der Waals surface area contributed by atoms with E-state index in [-0.39, 0.29) is 28.0 Å². The molecule has 2 rings (SSSR count). The van der Waals surface area contributed by atoms with Gasteiger partial charge in [-0.05, 0) is 21.1 Å². The molecule has 0 aromatic heterocycles.